The smallest absolute Gasteiger partial charge is 0.184 e. The molecular formula is C15H16Cl2N3O2S+. The van der Waals surface area contributed by atoms with Crippen LogP contribution in [0.2, 0.25) is 10.0 Å². The van der Waals surface area contributed by atoms with E-state index in [4.69, 9.17) is 28.7 Å². The van der Waals surface area contributed by atoms with E-state index in [1.165, 1.54) is 6.07 Å². The lowest BCUT2D eigenvalue weighted by Gasteiger charge is -2.14. The fourth-order valence-corrected chi connectivity index (χ4v) is 3.90. The van der Waals surface area contributed by atoms with E-state index >= 15 is 0 Å². The Bertz CT molecular complexity index is 852. The van der Waals surface area contributed by atoms with E-state index in [1.807, 2.05) is 14.1 Å². The summed E-state index contributed by atoms with van der Waals surface area (Å²) in [4.78, 5) is 1.88. The predicted molar refractivity (Wildman–Crippen MR) is 92.1 cm³/mol. The van der Waals surface area contributed by atoms with Crippen LogP contribution in [0.4, 0.5) is 11.4 Å². The zero-order valence-electron chi connectivity index (χ0n) is 12.6. The van der Waals surface area contributed by atoms with Crippen LogP contribution in [0.3, 0.4) is 0 Å². The van der Waals surface area contributed by atoms with E-state index in [-0.39, 0.29) is 16.3 Å². The number of rotatable bonds is 5. The highest BCUT2D eigenvalue weighted by Crippen LogP contribution is 2.31. The Kier molecular flexibility index (Phi) is 5.29. The Morgan fingerprint density at radius 1 is 1.09 bits per heavy atom. The first-order valence-electron chi connectivity index (χ1n) is 6.63. The van der Waals surface area contributed by atoms with E-state index in [0.29, 0.717) is 15.6 Å². The molecule has 5 nitrogen and oxygen atoms in total. The lowest BCUT2D eigenvalue weighted by molar-refractivity contribution is -0.210. The number of nitrogens with two attached hydrogens (primary N) is 1. The summed E-state index contributed by atoms with van der Waals surface area (Å²) in [5.41, 5.74) is 6.82. The van der Waals surface area contributed by atoms with E-state index < -0.39 is 9.84 Å². The fraction of sp³-hybridized carbons (Fsp3) is 0.200. The summed E-state index contributed by atoms with van der Waals surface area (Å²) in [5.74, 6) is -0.219. The molecule has 122 valence electrons. The van der Waals surface area contributed by atoms with Gasteiger partial charge in [-0.05, 0) is 41.0 Å². The van der Waals surface area contributed by atoms with Gasteiger partial charge in [-0.3, -0.25) is 0 Å². The molecule has 0 fully saturated rings. The van der Waals surface area contributed by atoms with Gasteiger partial charge < -0.3 is 4.90 Å². The van der Waals surface area contributed by atoms with Gasteiger partial charge in [0.25, 0.3) is 0 Å². The largest absolute Gasteiger partial charge is 0.378 e. The highest BCUT2D eigenvalue weighted by Gasteiger charge is 2.22. The minimum absolute atomic E-state index is 0.0808. The maximum atomic E-state index is 12.7. The molecular weight excluding hydrogens is 357 g/mol. The highest BCUT2D eigenvalue weighted by atomic mass is 35.5. The van der Waals surface area contributed by atoms with Crippen LogP contribution in [0, 0.1) is 0 Å². The van der Waals surface area contributed by atoms with Gasteiger partial charge in [-0.15, -0.1) is 0 Å². The summed E-state index contributed by atoms with van der Waals surface area (Å²) in [5, 5.41) is 4.25. The average Bonchev–Trinajstić information content (AvgIpc) is 2.50. The van der Waals surface area contributed by atoms with Crippen LogP contribution in [0.5, 0.6) is 0 Å². The molecule has 0 bridgehead atoms. The average molecular weight is 373 g/mol. The monoisotopic (exact) mass is 372 g/mol. The Morgan fingerprint density at radius 3 is 2.35 bits per heavy atom. The van der Waals surface area contributed by atoms with Crippen LogP contribution in [-0.2, 0) is 15.6 Å². The van der Waals surface area contributed by atoms with Gasteiger partial charge in [0.15, 0.2) is 9.84 Å². The predicted octanol–water partition coefficient (Wildman–Crippen LogP) is 2.88. The van der Waals surface area contributed by atoms with E-state index in [0.717, 1.165) is 5.69 Å². The van der Waals surface area contributed by atoms with Gasteiger partial charge >= 0.3 is 0 Å². The number of halogens is 2. The third-order valence-electron chi connectivity index (χ3n) is 3.27. The first kappa shape index (κ1) is 17.7. The molecule has 8 heteroatoms. The van der Waals surface area contributed by atoms with Gasteiger partial charge in [0, 0.05) is 19.8 Å². The Morgan fingerprint density at radius 2 is 1.78 bits per heavy atom. The molecule has 2 N–H and O–H groups in total. The molecule has 0 aliphatic carbocycles. The molecule has 23 heavy (non-hydrogen) atoms. The molecule has 0 aliphatic rings. The molecule has 0 radical (unpaired) electrons. The van der Waals surface area contributed by atoms with Crippen molar-refractivity contribution in [2.75, 3.05) is 19.0 Å². The van der Waals surface area contributed by atoms with Crippen molar-refractivity contribution in [2.24, 2.45) is 5.11 Å². The van der Waals surface area contributed by atoms with Gasteiger partial charge in [-0.25, -0.2) is 8.42 Å². The van der Waals surface area contributed by atoms with Crippen molar-refractivity contribution >= 4 is 44.4 Å². The minimum Gasteiger partial charge on any atom is -0.378 e. The topological polar surface area (TPSA) is 75.3 Å². The molecule has 0 unspecified atom stereocenters. The third-order valence-corrected chi connectivity index (χ3v) is 5.72. The lowest BCUT2D eigenvalue weighted by Crippen LogP contribution is -2.22. The maximum Gasteiger partial charge on any atom is 0.184 e. The molecule has 0 amide bonds. The summed E-state index contributed by atoms with van der Waals surface area (Å²) in [6, 6.07) is 9.62. The first-order chi connectivity index (χ1) is 10.7. The Balaban J connectivity index is 2.47. The van der Waals surface area contributed by atoms with Crippen molar-refractivity contribution in [3.8, 4) is 0 Å². The number of nitrogens with zero attached hydrogens (tertiary/aromatic N) is 2. The van der Waals surface area contributed by atoms with E-state index in [1.54, 1.807) is 35.2 Å². The molecule has 0 heterocycles. The summed E-state index contributed by atoms with van der Waals surface area (Å²) < 4.78 is 25.5. The van der Waals surface area contributed by atoms with Crippen molar-refractivity contribution in [2.45, 2.75) is 10.6 Å². The van der Waals surface area contributed by atoms with Crippen LogP contribution in [0.25, 0.3) is 0 Å². The second-order valence-corrected chi connectivity index (χ2v) is 7.96. The summed E-state index contributed by atoms with van der Waals surface area (Å²) >= 11 is 11.8. The van der Waals surface area contributed by atoms with Gasteiger partial charge in [0.2, 0.25) is 0 Å². The summed E-state index contributed by atoms with van der Waals surface area (Å²) in [7, 11) is 0.00289. The van der Waals surface area contributed by atoms with Crippen LogP contribution in [0.1, 0.15) is 5.56 Å². The number of anilines is 1. The molecule has 2 aromatic carbocycles. The van der Waals surface area contributed by atoms with Crippen molar-refractivity contribution in [3.05, 3.63) is 52.0 Å². The van der Waals surface area contributed by atoms with Crippen LogP contribution in [0.15, 0.2) is 46.4 Å². The van der Waals surface area contributed by atoms with Gasteiger partial charge in [0.05, 0.1) is 15.8 Å². The number of hydrogen-bond donors (Lipinski definition) is 1. The van der Waals surface area contributed by atoms with Crippen molar-refractivity contribution in [1.29, 1.82) is 0 Å². The lowest BCUT2D eigenvalue weighted by atomic mass is 10.2. The summed E-state index contributed by atoms with van der Waals surface area (Å²) in [6.45, 7) is 0. The quantitative estimate of drug-likeness (QED) is 0.819. The van der Waals surface area contributed by atoms with Gasteiger partial charge in [0.1, 0.15) is 10.6 Å². The van der Waals surface area contributed by atoms with Crippen molar-refractivity contribution in [3.63, 3.8) is 0 Å². The third kappa shape index (κ3) is 4.02. The normalized spacial score (nSPS) is 11.3. The van der Waals surface area contributed by atoms with Crippen LogP contribution < -0.4 is 10.4 Å². The molecule has 0 saturated carbocycles. The standard InChI is InChI=1S/C15H15Cl2N3O2S/c1-20(2)11-4-6-14(19-18)15(8-11)23(21,22)9-10-3-5-12(16)13(17)7-10/h3-8,18H,9H2,1-2H3/p+1. The molecule has 0 aliphatic heterocycles. The fourth-order valence-electron chi connectivity index (χ4n) is 2.06. The number of benzene rings is 2. The molecule has 0 aromatic heterocycles. The highest BCUT2D eigenvalue weighted by molar-refractivity contribution is 7.90. The summed E-state index contributed by atoms with van der Waals surface area (Å²) in [6.07, 6.45) is 0. The van der Waals surface area contributed by atoms with Crippen molar-refractivity contribution in [1.82, 2.24) is 0 Å². The zero-order valence-corrected chi connectivity index (χ0v) is 15.0. The Labute approximate surface area is 145 Å². The molecule has 0 atom stereocenters. The van der Waals surface area contributed by atoms with Gasteiger partial charge in [-0.1, -0.05) is 29.3 Å². The molecule has 0 saturated heterocycles. The van der Waals surface area contributed by atoms with Crippen LogP contribution in [-0.4, -0.2) is 22.5 Å². The molecule has 0 spiro atoms. The second-order valence-electron chi connectivity index (χ2n) is 5.18. The minimum atomic E-state index is -3.64. The Hall–Kier alpha value is -1.63. The maximum absolute atomic E-state index is 12.7. The van der Waals surface area contributed by atoms with E-state index in [9.17, 15) is 8.42 Å². The first-order valence-corrected chi connectivity index (χ1v) is 9.04. The SMILES string of the molecule is CN(C)c1ccc(N=[NH2+])c(S(=O)(=O)Cc2ccc(Cl)c(Cl)c2)c1. The second kappa shape index (κ2) is 6.86. The van der Waals surface area contributed by atoms with Crippen molar-refractivity contribution < 1.29 is 13.9 Å². The molecule has 2 rings (SSSR count). The van der Waals surface area contributed by atoms with Crippen LogP contribution >= 0.6 is 23.2 Å². The number of hydrogen-bond acceptors (Lipinski definition) is 4. The van der Waals surface area contributed by atoms with Gasteiger partial charge in [-0.2, -0.15) is 5.53 Å². The molecule has 2 aromatic rings. The zero-order chi connectivity index (χ0) is 17.2. The number of sulfone groups is 1. The van der Waals surface area contributed by atoms with E-state index in [2.05, 4.69) is 5.11 Å².